The van der Waals surface area contributed by atoms with Gasteiger partial charge in [0.05, 0.1) is 0 Å². The number of hydrogen-bond acceptors (Lipinski definition) is 3. The first kappa shape index (κ1) is 18.2. The Labute approximate surface area is 142 Å². The summed E-state index contributed by atoms with van der Waals surface area (Å²) in [6, 6.07) is 5.45. The van der Waals surface area contributed by atoms with Crippen LogP contribution in [0.15, 0.2) is 24.3 Å². The third-order valence-corrected chi connectivity index (χ3v) is 3.81. The van der Waals surface area contributed by atoms with E-state index in [1.807, 2.05) is 0 Å². The zero-order valence-corrected chi connectivity index (χ0v) is 14.5. The number of nitrogens with zero attached hydrogens (tertiary/aromatic N) is 1. The summed E-state index contributed by atoms with van der Waals surface area (Å²) in [5, 5.41) is 2.82. The van der Waals surface area contributed by atoms with E-state index in [-0.39, 0.29) is 11.7 Å². The quantitative estimate of drug-likeness (QED) is 0.922. The molecule has 1 aromatic rings. The fourth-order valence-electron chi connectivity index (χ4n) is 2.65. The van der Waals surface area contributed by atoms with Crippen LogP contribution in [0.3, 0.4) is 0 Å². The Kier molecular flexibility index (Phi) is 5.80. The van der Waals surface area contributed by atoms with Crippen LogP contribution >= 0.6 is 0 Å². The monoisotopic (exact) mass is 336 g/mol. The molecule has 0 aromatic heterocycles. The largest absolute Gasteiger partial charge is 0.444 e. The Bertz CT molecular complexity index is 581. The maximum atomic E-state index is 12.9. The molecule has 1 aliphatic rings. The number of halogens is 1. The fraction of sp³-hybridized carbons (Fsp3) is 0.556. The average Bonchev–Trinajstić information content (AvgIpc) is 2.52. The second-order valence-electron chi connectivity index (χ2n) is 7.03. The van der Waals surface area contributed by atoms with Crippen LogP contribution in [0, 0.1) is 5.82 Å². The van der Waals surface area contributed by atoms with Crippen molar-refractivity contribution in [3.05, 3.63) is 35.6 Å². The van der Waals surface area contributed by atoms with Crippen molar-refractivity contribution in [2.24, 2.45) is 0 Å². The van der Waals surface area contributed by atoms with Gasteiger partial charge in [0, 0.05) is 13.1 Å². The molecule has 2 rings (SSSR count). The van der Waals surface area contributed by atoms with E-state index >= 15 is 0 Å². The lowest BCUT2D eigenvalue weighted by Crippen LogP contribution is -2.52. The summed E-state index contributed by atoms with van der Waals surface area (Å²) >= 11 is 0. The minimum atomic E-state index is -0.594. The Morgan fingerprint density at radius 1 is 1.25 bits per heavy atom. The van der Waals surface area contributed by atoms with Gasteiger partial charge in [-0.2, -0.15) is 0 Å². The summed E-state index contributed by atoms with van der Waals surface area (Å²) in [4.78, 5) is 26.3. The van der Waals surface area contributed by atoms with Crippen molar-refractivity contribution < 1.29 is 18.7 Å². The Morgan fingerprint density at radius 3 is 2.54 bits per heavy atom. The number of hydrogen-bond donors (Lipinski definition) is 1. The molecule has 1 fully saturated rings. The number of benzene rings is 1. The van der Waals surface area contributed by atoms with E-state index in [0.717, 1.165) is 18.4 Å². The molecule has 132 valence electrons. The zero-order chi connectivity index (χ0) is 17.7. The fourth-order valence-corrected chi connectivity index (χ4v) is 2.65. The minimum absolute atomic E-state index is 0.204. The molecule has 0 unspecified atom stereocenters. The highest BCUT2D eigenvalue weighted by molar-refractivity contribution is 5.85. The molecule has 24 heavy (non-hydrogen) atoms. The van der Waals surface area contributed by atoms with Crippen molar-refractivity contribution in [3.63, 3.8) is 0 Å². The van der Waals surface area contributed by atoms with Gasteiger partial charge in [0.2, 0.25) is 5.91 Å². The Morgan fingerprint density at radius 2 is 1.92 bits per heavy atom. The van der Waals surface area contributed by atoms with Gasteiger partial charge in [-0.15, -0.1) is 0 Å². The van der Waals surface area contributed by atoms with Crippen molar-refractivity contribution in [2.45, 2.75) is 58.2 Å². The van der Waals surface area contributed by atoms with Crippen LogP contribution in [-0.4, -0.2) is 35.1 Å². The average molecular weight is 336 g/mol. The van der Waals surface area contributed by atoms with Crippen molar-refractivity contribution >= 4 is 12.0 Å². The first-order chi connectivity index (χ1) is 11.3. The van der Waals surface area contributed by atoms with E-state index < -0.39 is 17.7 Å². The molecule has 0 spiro atoms. The summed E-state index contributed by atoms with van der Waals surface area (Å²) in [5.41, 5.74) is 0.216. The van der Waals surface area contributed by atoms with Crippen molar-refractivity contribution in [1.82, 2.24) is 10.2 Å². The lowest BCUT2D eigenvalue weighted by atomic mass is 10.0. The maximum absolute atomic E-state index is 12.9. The van der Waals surface area contributed by atoms with Gasteiger partial charge >= 0.3 is 6.09 Å². The summed E-state index contributed by atoms with van der Waals surface area (Å²) in [6.07, 6.45) is 1.92. The van der Waals surface area contributed by atoms with Crippen molar-refractivity contribution in [2.75, 3.05) is 6.54 Å². The molecule has 6 heteroatoms. The first-order valence-electron chi connectivity index (χ1n) is 8.28. The number of carbonyl (C=O) groups excluding carboxylic acids is 2. The molecule has 0 saturated carbocycles. The zero-order valence-electron chi connectivity index (χ0n) is 14.5. The SMILES string of the molecule is CC(C)(C)OC(=O)N1CCCC[C@@H]1C(=O)NCc1ccc(F)cc1. The van der Waals surface area contributed by atoms with E-state index in [2.05, 4.69) is 5.32 Å². The third kappa shape index (κ3) is 5.22. The van der Waals surface area contributed by atoms with E-state index in [9.17, 15) is 14.0 Å². The molecule has 5 nitrogen and oxygen atoms in total. The number of likely N-dealkylation sites (tertiary alicyclic amines) is 1. The standard InChI is InChI=1S/C18H25FN2O3/c1-18(2,3)24-17(23)21-11-5-4-6-15(21)16(22)20-12-13-7-9-14(19)10-8-13/h7-10,15H,4-6,11-12H2,1-3H3,(H,20,22)/t15-/m1/s1. The normalized spacial score (nSPS) is 18.2. The second-order valence-corrected chi connectivity index (χ2v) is 7.03. The van der Waals surface area contributed by atoms with E-state index in [4.69, 9.17) is 4.74 Å². The highest BCUT2D eigenvalue weighted by atomic mass is 19.1. The number of ether oxygens (including phenoxy) is 1. The molecule has 1 saturated heterocycles. The van der Waals surface area contributed by atoms with Gasteiger partial charge in [-0.25, -0.2) is 9.18 Å². The Hall–Kier alpha value is -2.11. The molecule has 1 aromatic carbocycles. The minimum Gasteiger partial charge on any atom is -0.444 e. The van der Waals surface area contributed by atoms with Gasteiger partial charge in [0.1, 0.15) is 17.5 Å². The topological polar surface area (TPSA) is 58.6 Å². The number of carbonyl (C=O) groups is 2. The third-order valence-electron chi connectivity index (χ3n) is 3.81. The second kappa shape index (κ2) is 7.64. The van der Waals surface area contributed by atoms with Crippen LogP contribution in [0.1, 0.15) is 45.6 Å². The first-order valence-corrected chi connectivity index (χ1v) is 8.28. The number of amides is 2. The summed E-state index contributed by atoms with van der Waals surface area (Å²) in [5.74, 6) is -0.515. The summed E-state index contributed by atoms with van der Waals surface area (Å²) < 4.78 is 18.3. The molecule has 0 aliphatic carbocycles. The molecule has 0 bridgehead atoms. The van der Waals surface area contributed by atoms with Crippen LogP contribution in [0.5, 0.6) is 0 Å². The van der Waals surface area contributed by atoms with E-state index in [0.29, 0.717) is 19.5 Å². The molecule has 2 amide bonds. The predicted octanol–water partition coefficient (Wildman–Crippen LogP) is 3.23. The number of piperidine rings is 1. The van der Waals surface area contributed by atoms with Crippen molar-refractivity contribution in [3.8, 4) is 0 Å². The highest BCUT2D eigenvalue weighted by Gasteiger charge is 2.34. The molecular formula is C18H25FN2O3. The molecular weight excluding hydrogens is 311 g/mol. The van der Waals surface area contributed by atoms with E-state index in [1.54, 1.807) is 32.9 Å². The van der Waals surface area contributed by atoms with Gasteiger partial charge in [0.25, 0.3) is 0 Å². The molecule has 1 aliphatic heterocycles. The van der Waals surface area contributed by atoms with Crippen LogP contribution < -0.4 is 5.32 Å². The lowest BCUT2D eigenvalue weighted by Gasteiger charge is -2.35. The smallest absolute Gasteiger partial charge is 0.410 e. The Balaban J connectivity index is 1.97. The van der Waals surface area contributed by atoms with Crippen LogP contribution in [-0.2, 0) is 16.1 Å². The molecule has 1 N–H and O–H groups in total. The maximum Gasteiger partial charge on any atom is 0.410 e. The van der Waals surface area contributed by atoms with Gasteiger partial charge in [-0.1, -0.05) is 12.1 Å². The highest BCUT2D eigenvalue weighted by Crippen LogP contribution is 2.20. The van der Waals surface area contributed by atoms with Gasteiger partial charge < -0.3 is 10.1 Å². The van der Waals surface area contributed by atoms with Gasteiger partial charge in [-0.05, 0) is 57.7 Å². The van der Waals surface area contributed by atoms with Crippen LogP contribution in [0.4, 0.5) is 9.18 Å². The van der Waals surface area contributed by atoms with Crippen LogP contribution in [0.2, 0.25) is 0 Å². The van der Waals surface area contributed by atoms with Crippen molar-refractivity contribution in [1.29, 1.82) is 0 Å². The molecule has 1 heterocycles. The van der Waals surface area contributed by atoms with Gasteiger partial charge in [-0.3, -0.25) is 9.69 Å². The lowest BCUT2D eigenvalue weighted by molar-refractivity contribution is -0.127. The summed E-state index contributed by atoms with van der Waals surface area (Å²) in [6.45, 7) is 6.23. The predicted molar refractivity (Wildman–Crippen MR) is 88.8 cm³/mol. The van der Waals surface area contributed by atoms with Gasteiger partial charge in [0.15, 0.2) is 0 Å². The molecule has 1 atom stereocenters. The van der Waals surface area contributed by atoms with Crippen LogP contribution in [0.25, 0.3) is 0 Å². The number of nitrogens with one attached hydrogen (secondary N) is 1. The number of rotatable bonds is 3. The molecule has 0 radical (unpaired) electrons. The van der Waals surface area contributed by atoms with E-state index in [1.165, 1.54) is 17.0 Å². The summed E-state index contributed by atoms with van der Waals surface area (Å²) in [7, 11) is 0.